The van der Waals surface area contributed by atoms with Crippen molar-refractivity contribution in [1.82, 2.24) is 14.7 Å². The van der Waals surface area contributed by atoms with Gasteiger partial charge < -0.3 is 9.80 Å². The summed E-state index contributed by atoms with van der Waals surface area (Å²) in [4.78, 5) is 41.4. The minimum absolute atomic E-state index is 0.0292. The first-order valence-corrected chi connectivity index (χ1v) is 8.44. The average molecular weight is 333 g/mol. The molecule has 2 aliphatic heterocycles. The third-order valence-corrected chi connectivity index (χ3v) is 5.24. The summed E-state index contributed by atoms with van der Waals surface area (Å²) >= 11 is 0. The van der Waals surface area contributed by atoms with Gasteiger partial charge in [-0.3, -0.25) is 14.5 Å². The molecular formula is C18H27N3O3. The number of hydrogen-bond acceptors (Lipinski definition) is 3. The van der Waals surface area contributed by atoms with Gasteiger partial charge in [-0.2, -0.15) is 0 Å². The lowest BCUT2D eigenvalue weighted by molar-refractivity contribution is -0.143. The summed E-state index contributed by atoms with van der Waals surface area (Å²) in [5, 5.41) is 0. The lowest BCUT2D eigenvalue weighted by Gasteiger charge is -2.47. The van der Waals surface area contributed by atoms with Crippen molar-refractivity contribution in [3.05, 3.63) is 25.3 Å². The van der Waals surface area contributed by atoms with Crippen molar-refractivity contribution in [3.8, 4) is 0 Å². The fourth-order valence-corrected chi connectivity index (χ4v) is 3.88. The second-order valence-electron chi connectivity index (χ2n) is 6.72. The van der Waals surface area contributed by atoms with Crippen LogP contribution in [-0.2, 0) is 9.59 Å². The number of likely N-dealkylation sites (tertiary alicyclic amines) is 1. The Morgan fingerprint density at radius 1 is 1.21 bits per heavy atom. The molecule has 2 heterocycles. The number of nitrogens with zero attached hydrogens (tertiary/aromatic N) is 3. The molecule has 2 saturated heterocycles. The van der Waals surface area contributed by atoms with E-state index >= 15 is 0 Å². The highest BCUT2D eigenvalue weighted by Crippen LogP contribution is 2.36. The van der Waals surface area contributed by atoms with E-state index in [1.54, 1.807) is 7.05 Å². The van der Waals surface area contributed by atoms with E-state index in [1.165, 1.54) is 11.9 Å². The molecule has 0 aromatic carbocycles. The molecule has 0 saturated carbocycles. The number of imide groups is 1. The molecule has 24 heavy (non-hydrogen) atoms. The molecule has 0 radical (unpaired) electrons. The molecule has 6 heteroatoms. The maximum atomic E-state index is 13.0. The molecule has 0 aromatic heterocycles. The number of carbonyl (C=O) groups excluding carboxylic acids is 3. The standard InChI is InChI=1S/C18H27N3O3/c1-5-9-18(10-6-2)11-7-8-12-21(18)15(22)13-14-16(23)20(4)17(24)19(14)3/h5-6,14H,1-2,7-13H2,3-4H3. The van der Waals surface area contributed by atoms with Gasteiger partial charge in [-0.15, -0.1) is 13.2 Å². The molecule has 0 aliphatic carbocycles. The first kappa shape index (κ1) is 18.2. The topological polar surface area (TPSA) is 60.9 Å². The van der Waals surface area contributed by atoms with Gasteiger partial charge in [0.1, 0.15) is 6.04 Å². The Balaban J connectivity index is 2.20. The predicted molar refractivity (Wildman–Crippen MR) is 92.3 cm³/mol. The molecule has 0 N–H and O–H groups in total. The summed E-state index contributed by atoms with van der Waals surface area (Å²) in [5.74, 6) is -0.391. The monoisotopic (exact) mass is 333 g/mol. The number of amides is 4. The third kappa shape index (κ3) is 3.09. The van der Waals surface area contributed by atoms with Crippen molar-refractivity contribution in [2.75, 3.05) is 20.6 Å². The van der Waals surface area contributed by atoms with Crippen LogP contribution < -0.4 is 0 Å². The zero-order valence-corrected chi connectivity index (χ0v) is 14.7. The Kier molecular flexibility index (Phi) is 5.47. The van der Waals surface area contributed by atoms with E-state index in [-0.39, 0.29) is 29.8 Å². The maximum Gasteiger partial charge on any atom is 0.326 e. The maximum absolute atomic E-state index is 13.0. The zero-order chi connectivity index (χ0) is 17.9. The van der Waals surface area contributed by atoms with Gasteiger partial charge in [0.05, 0.1) is 6.42 Å². The van der Waals surface area contributed by atoms with E-state index < -0.39 is 6.04 Å². The van der Waals surface area contributed by atoms with Crippen molar-refractivity contribution in [2.45, 2.75) is 50.1 Å². The fourth-order valence-electron chi connectivity index (χ4n) is 3.88. The fraction of sp³-hybridized carbons (Fsp3) is 0.611. The molecular weight excluding hydrogens is 306 g/mol. The van der Waals surface area contributed by atoms with E-state index in [4.69, 9.17) is 0 Å². The first-order chi connectivity index (χ1) is 11.4. The largest absolute Gasteiger partial charge is 0.336 e. The first-order valence-electron chi connectivity index (χ1n) is 8.44. The SMILES string of the molecule is C=CCC1(CC=C)CCCCN1C(=O)CC1C(=O)N(C)C(=O)N1C. The average Bonchev–Trinajstić information content (AvgIpc) is 2.73. The Morgan fingerprint density at radius 2 is 1.83 bits per heavy atom. The van der Waals surface area contributed by atoms with E-state index in [0.29, 0.717) is 19.4 Å². The highest BCUT2D eigenvalue weighted by Gasteiger charge is 2.45. The Labute approximate surface area is 143 Å². The summed E-state index contributed by atoms with van der Waals surface area (Å²) in [6.07, 6.45) is 8.06. The van der Waals surface area contributed by atoms with E-state index in [9.17, 15) is 14.4 Å². The highest BCUT2D eigenvalue weighted by atomic mass is 16.2. The molecule has 2 rings (SSSR count). The van der Waals surface area contributed by atoms with Crippen molar-refractivity contribution < 1.29 is 14.4 Å². The molecule has 1 unspecified atom stereocenters. The molecule has 0 spiro atoms. The molecule has 4 amide bonds. The molecule has 0 bridgehead atoms. The minimum atomic E-state index is -0.706. The van der Waals surface area contributed by atoms with Crippen LogP contribution >= 0.6 is 0 Å². The molecule has 132 valence electrons. The number of carbonyl (C=O) groups is 3. The Morgan fingerprint density at radius 3 is 2.33 bits per heavy atom. The number of piperidine rings is 1. The van der Waals surface area contributed by atoms with Gasteiger partial charge >= 0.3 is 6.03 Å². The predicted octanol–water partition coefficient (Wildman–Crippen LogP) is 2.17. The molecule has 2 fully saturated rings. The van der Waals surface area contributed by atoms with Crippen LogP contribution in [0.5, 0.6) is 0 Å². The number of rotatable bonds is 6. The summed E-state index contributed by atoms with van der Waals surface area (Å²) in [6, 6.07) is -1.07. The Bertz CT molecular complexity index is 548. The molecule has 2 aliphatic rings. The van der Waals surface area contributed by atoms with Crippen molar-refractivity contribution in [2.24, 2.45) is 0 Å². The normalized spacial score (nSPS) is 23.6. The van der Waals surface area contributed by atoms with Gasteiger partial charge in [-0.25, -0.2) is 4.79 Å². The van der Waals surface area contributed by atoms with Crippen LogP contribution in [0.15, 0.2) is 25.3 Å². The number of urea groups is 1. The van der Waals surface area contributed by atoms with Crippen LogP contribution in [0.1, 0.15) is 38.5 Å². The highest BCUT2D eigenvalue weighted by molar-refractivity contribution is 6.05. The van der Waals surface area contributed by atoms with Crippen LogP contribution in [0.3, 0.4) is 0 Å². The van der Waals surface area contributed by atoms with Gasteiger partial charge in [0, 0.05) is 26.2 Å². The van der Waals surface area contributed by atoms with Gasteiger partial charge in [-0.1, -0.05) is 12.2 Å². The van der Waals surface area contributed by atoms with Gasteiger partial charge in [0.25, 0.3) is 5.91 Å². The van der Waals surface area contributed by atoms with Crippen LogP contribution in [0.2, 0.25) is 0 Å². The van der Waals surface area contributed by atoms with Crippen molar-refractivity contribution in [3.63, 3.8) is 0 Å². The second-order valence-corrected chi connectivity index (χ2v) is 6.72. The molecule has 1 atom stereocenters. The zero-order valence-electron chi connectivity index (χ0n) is 14.7. The van der Waals surface area contributed by atoms with Crippen LogP contribution in [0.4, 0.5) is 4.79 Å². The van der Waals surface area contributed by atoms with Crippen LogP contribution in [0.25, 0.3) is 0 Å². The summed E-state index contributed by atoms with van der Waals surface area (Å²) < 4.78 is 0. The van der Waals surface area contributed by atoms with Gasteiger partial charge in [0.2, 0.25) is 5.91 Å². The Hall–Kier alpha value is -2.11. The van der Waals surface area contributed by atoms with E-state index in [2.05, 4.69) is 13.2 Å². The van der Waals surface area contributed by atoms with E-state index in [0.717, 1.165) is 24.2 Å². The van der Waals surface area contributed by atoms with Crippen LogP contribution in [-0.4, -0.2) is 64.8 Å². The molecule has 0 aromatic rings. The van der Waals surface area contributed by atoms with Crippen LogP contribution in [0, 0.1) is 0 Å². The summed E-state index contributed by atoms with van der Waals surface area (Å²) in [6.45, 7) is 8.35. The van der Waals surface area contributed by atoms with Crippen molar-refractivity contribution in [1.29, 1.82) is 0 Å². The third-order valence-electron chi connectivity index (χ3n) is 5.24. The number of hydrogen-bond donors (Lipinski definition) is 0. The van der Waals surface area contributed by atoms with Crippen molar-refractivity contribution >= 4 is 17.8 Å². The lowest BCUT2D eigenvalue weighted by Crippen LogP contribution is -2.55. The van der Waals surface area contributed by atoms with E-state index in [1.807, 2.05) is 17.1 Å². The smallest absolute Gasteiger partial charge is 0.326 e. The minimum Gasteiger partial charge on any atom is -0.336 e. The molecule has 6 nitrogen and oxygen atoms in total. The number of likely N-dealkylation sites (N-methyl/N-ethyl adjacent to an activating group) is 2. The van der Waals surface area contributed by atoms with Gasteiger partial charge in [-0.05, 0) is 32.1 Å². The second kappa shape index (κ2) is 7.20. The summed E-state index contributed by atoms with van der Waals surface area (Å²) in [5.41, 5.74) is -0.297. The lowest BCUT2D eigenvalue weighted by atomic mass is 9.80. The quantitative estimate of drug-likeness (QED) is 0.553. The summed E-state index contributed by atoms with van der Waals surface area (Å²) in [7, 11) is 3.02. The van der Waals surface area contributed by atoms with Gasteiger partial charge in [0.15, 0.2) is 0 Å².